The molecule has 3 N–H and O–H groups in total. The fraction of sp³-hybridized carbons (Fsp3) is 0.750. The first-order valence-corrected chi connectivity index (χ1v) is 4.27. The summed E-state index contributed by atoms with van der Waals surface area (Å²) in [7, 11) is 0. The van der Waals surface area contributed by atoms with E-state index in [-0.39, 0.29) is 0 Å². The molecule has 72 valence electrons. The molecule has 2 aliphatic rings. The minimum atomic E-state index is -0.960. The highest BCUT2D eigenvalue weighted by Crippen LogP contribution is 2.44. The predicted molar refractivity (Wildman–Crippen MR) is 42.3 cm³/mol. The minimum absolute atomic E-state index is 0.425. The molecule has 5 nitrogen and oxygen atoms in total. The van der Waals surface area contributed by atoms with E-state index in [1.165, 1.54) is 0 Å². The van der Waals surface area contributed by atoms with Gasteiger partial charge in [0.1, 0.15) is 11.1 Å². The smallest absolute Gasteiger partial charge is 0.323 e. The number of nitrogens with one attached hydrogen (secondary N) is 1. The Morgan fingerprint density at radius 2 is 1.23 bits per heavy atom. The van der Waals surface area contributed by atoms with Crippen LogP contribution in [-0.4, -0.2) is 33.2 Å². The summed E-state index contributed by atoms with van der Waals surface area (Å²) in [5.41, 5.74) is -1.92. The van der Waals surface area contributed by atoms with E-state index in [0.29, 0.717) is 25.7 Å². The van der Waals surface area contributed by atoms with Crippen LogP contribution in [0.5, 0.6) is 0 Å². The highest BCUT2D eigenvalue weighted by Gasteiger charge is 2.61. The standard InChI is InChI=1S/C8H11NO4/c10-5(11)7-1-2-8(9-7,4-3-7)6(12)13/h9H,1-4H2,(H,10,11)(H,12,13). The van der Waals surface area contributed by atoms with Crippen molar-refractivity contribution in [1.29, 1.82) is 0 Å². The summed E-state index contributed by atoms with van der Waals surface area (Å²) in [6.45, 7) is 0. The first-order valence-electron chi connectivity index (χ1n) is 4.27. The van der Waals surface area contributed by atoms with E-state index in [0.717, 1.165) is 0 Å². The summed E-state index contributed by atoms with van der Waals surface area (Å²) in [4.78, 5) is 21.8. The molecule has 0 aromatic heterocycles. The van der Waals surface area contributed by atoms with Crippen molar-refractivity contribution in [3.05, 3.63) is 0 Å². The van der Waals surface area contributed by atoms with Crippen molar-refractivity contribution in [2.24, 2.45) is 0 Å². The highest BCUT2D eigenvalue weighted by molar-refractivity contribution is 5.87. The lowest BCUT2D eigenvalue weighted by atomic mass is 9.82. The Bertz CT molecular complexity index is 250. The lowest BCUT2D eigenvalue weighted by Gasteiger charge is -2.19. The average molecular weight is 185 g/mol. The molecule has 0 unspecified atom stereocenters. The van der Waals surface area contributed by atoms with Crippen LogP contribution in [0.1, 0.15) is 25.7 Å². The highest BCUT2D eigenvalue weighted by atomic mass is 16.4. The molecule has 0 radical (unpaired) electrons. The van der Waals surface area contributed by atoms with Crippen LogP contribution >= 0.6 is 0 Å². The molecular weight excluding hydrogens is 174 g/mol. The fourth-order valence-corrected chi connectivity index (χ4v) is 2.35. The van der Waals surface area contributed by atoms with E-state index in [4.69, 9.17) is 10.2 Å². The zero-order valence-electron chi connectivity index (χ0n) is 7.04. The van der Waals surface area contributed by atoms with Crippen LogP contribution in [0.3, 0.4) is 0 Å². The van der Waals surface area contributed by atoms with Gasteiger partial charge in [-0.2, -0.15) is 0 Å². The molecule has 0 aromatic carbocycles. The van der Waals surface area contributed by atoms with Crippen LogP contribution in [0.4, 0.5) is 0 Å². The molecule has 2 bridgehead atoms. The Labute approximate surface area is 74.7 Å². The van der Waals surface area contributed by atoms with Crippen molar-refractivity contribution in [3.63, 3.8) is 0 Å². The summed E-state index contributed by atoms with van der Waals surface area (Å²) in [6, 6.07) is 0. The van der Waals surface area contributed by atoms with Crippen molar-refractivity contribution < 1.29 is 19.8 Å². The second-order valence-electron chi connectivity index (χ2n) is 3.90. The van der Waals surface area contributed by atoms with Crippen molar-refractivity contribution in [3.8, 4) is 0 Å². The number of carboxylic acid groups (broad SMARTS) is 2. The molecule has 2 heterocycles. The van der Waals surface area contributed by atoms with E-state index in [1.54, 1.807) is 0 Å². The topological polar surface area (TPSA) is 86.6 Å². The Hall–Kier alpha value is -1.10. The van der Waals surface area contributed by atoms with Gasteiger partial charge in [0.15, 0.2) is 0 Å². The lowest BCUT2D eigenvalue weighted by Crippen LogP contribution is -2.50. The molecule has 0 amide bonds. The molecular formula is C8H11NO4. The van der Waals surface area contributed by atoms with Crippen molar-refractivity contribution in [1.82, 2.24) is 5.32 Å². The SMILES string of the molecule is O=C(O)C12CCC(C(=O)O)(CC1)N2. The molecule has 0 aliphatic carbocycles. The summed E-state index contributed by atoms with van der Waals surface area (Å²) in [5, 5.41) is 20.6. The normalized spacial score (nSPS) is 42.2. The maximum Gasteiger partial charge on any atom is 0.323 e. The van der Waals surface area contributed by atoms with Gasteiger partial charge in [0.05, 0.1) is 0 Å². The van der Waals surface area contributed by atoms with E-state index in [9.17, 15) is 9.59 Å². The van der Waals surface area contributed by atoms with Crippen molar-refractivity contribution in [2.45, 2.75) is 36.8 Å². The second kappa shape index (κ2) is 2.23. The number of hydrogen-bond donors (Lipinski definition) is 3. The molecule has 2 fully saturated rings. The van der Waals surface area contributed by atoms with Crippen LogP contribution < -0.4 is 5.32 Å². The van der Waals surface area contributed by atoms with Gasteiger partial charge in [-0.25, -0.2) is 0 Å². The summed E-state index contributed by atoms with van der Waals surface area (Å²) in [5.74, 6) is -1.85. The third kappa shape index (κ3) is 0.904. The Kier molecular flexibility index (Phi) is 1.46. The zero-order valence-corrected chi connectivity index (χ0v) is 7.04. The largest absolute Gasteiger partial charge is 0.480 e. The van der Waals surface area contributed by atoms with E-state index < -0.39 is 23.0 Å². The van der Waals surface area contributed by atoms with Gasteiger partial charge in [0.25, 0.3) is 0 Å². The maximum absolute atomic E-state index is 10.9. The summed E-state index contributed by atoms with van der Waals surface area (Å²) in [6.07, 6.45) is 1.70. The van der Waals surface area contributed by atoms with Gasteiger partial charge in [-0.1, -0.05) is 0 Å². The molecule has 0 spiro atoms. The monoisotopic (exact) mass is 185 g/mol. The summed E-state index contributed by atoms with van der Waals surface area (Å²) < 4.78 is 0. The Balaban J connectivity index is 2.29. The molecule has 5 heteroatoms. The number of rotatable bonds is 2. The third-order valence-electron chi connectivity index (χ3n) is 3.25. The number of carboxylic acids is 2. The summed E-state index contributed by atoms with van der Waals surface area (Å²) >= 11 is 0. The number of hydrogen-bond acceptors (Lipinski definition) is 3. The number of fused-ring (bicyclic) bond motifs is 2. The quantitative estimate of drug-likeness (QED) is 0.555. The van der Waals surface area contributed by atoms with Crippen LogP contribution in [0.25, 0.3) is 0 Å². The van der Waals surface area contributed by atoms with Gasteiger partial charge < -0.3 is 10.2 Å². The van der Waals surface area contributed by atoms with Gasteiger partial charge in [-0.15, -0.1) is 0 Å². The molecule has 2 rings (SSSR count). The van der Waals surface area contributed by atoms with Crippen LogP contribution in [0, 0.1) is 0 Å². The maximum atomic E-state index is 10.9. The van der Waals surface area contributed by atoms with Gasteiger partial charge in [0, 0.05) is 0 Å². The molecule has 13 heavy (non-hydrogen) atoms. The van der Waals surface area contributed by atoms with Gasteiger partial charge in [0.2, 0.25) is 0 Å². The molecule has 2 saturated heterocycles. The van der Waals surface area contributed by atoms with Crippen molar-refractivity contribution >= 4 is 11.9 Å². The average Bonchev–Trinajstić information content (AvgIpc) is 2.61. The fourth-order valence-electron chi connectivity index (χ4n) is 2.35. The zero-order chi connectivity index (χ0) is 9.69. The van der Waals surface area contributed by atoms with Crippen LogP contribution in [0.2, 0.25) is 0 Å². The van der Waals surface area contributed by atoms with Gasteiger partial charge in [-0.3, -0.25) is 14.9 Å². The van der Waals surface area contributed by atoms with Crippen molar-refractivity contribution in [2.75, 3.05) is 0 Å². The van der Waals surface area contributed by atoms with E-state index in [1.807, 2.05) is 0 Å². The number of aliphatic carboxylic acids is 2. The Morgan fingerprint density at radius 3 is 1.38 bits per heavy atom. The molecule has 0 atom stereocenters. The predicted octanol–water partition coefficient (Wildman–Crippen LogP) is -0.190. The van der Waals surface area contributed by atoms with Crippen LogP contribution in [0.15, 0.2) is 0 Å². The second-order valence-corrected chi connectivity index (χ2v) is 3.90. The molecule has 2 aliphatic heterocycles. The van der Waals surface area contributed by atoms with E-state index >= 15 is 0 Å². The first-order chi connectivity index (χ1) is 6.01. The van der Waals surface area contributed by atoms with E-state index in [2.05, 4.69) is 5.32 Å². The van der Waals surface area contributed by atoms with Gasteiger partial charge in [-0.05, 0) is 25.7 Å². The van der Waals surface area contributed by atoms with Crippen LogP contribution in [-0.2, 0) is 9.59 Å². The minimum Gasteiger partial charge on any atom is -0.480 e. The van der Waals surface area contributed by atoms with Gasteiger partial charge >= 0.3 is 11.9 Å². The molecule has 0 saturated carbocycles. The number of carbonyl (C=O) groups is 2. The first kappa shape index (κ1) is 8.50. The molecule has 0 aromatic rings. The lowest BCUT2D eigenvalue weighted by molar-refractivity contribution is -0.144. The third-order valence-corrected chi connectivity index (χ3v) is 3.25. The Morgan fingerprint density at radius 1 is 0.923 bits per heavy atom.